The lowest BCUT2D eigenvalue weighted by molar-refractivity contribution is -0.145. The maximum Gasteiger partial charge on any atom is 0.309 e. The normalized spacial score (nSPS) is 12.1. The number of hydrogen-bond acceptors (Lipinski definition) is 4. The number of carbonyl (C=O) groups excluding carboxylic acids is 2. The molecule has 1 aromatic rings. The van der Waals surface area contributed by atoms with E-state index in [2.05, 4.69) is 10.1 Å². The van der Waals surface area contributed by atoms with Crippen molar-refractivity contribution in [2.24, 2.45) is 5.92 Å². The maximum absolute atomic E-state index is 12.0. The van der Waals surface area contributed by atoms with Gasteiger partial charge >= 0.3 is 5.97 Å². The molecule has 116 valence electrons. The van der Waals surface area contributed by atoms with Crippen LogP contribution in [0.4, 0.5) is 5.69 Å². The Labute approximate surface area is 126 Å². The highest BCUT2D eigenvalue weighted by atomic mass is 16.5. The fraction of sp³-hybridized carbons (Fsp3) is 0.500. The van der Waals surface area contributed by atoms with E-state index in [4.69, 9.17) is 0 Å². The molecule has 5 nitrogen and oxygen atoms in total. The molecule has 0 aromatic heterocycles. The molecule has 1 unspecified atom stereocenters. The summed E-state index contributed by atoms with van der Waals surface area (Å²) in [4.78, 5) is 25.1. The van der Waals surface area contributed by atoms with E-state index in [1.54, 1.807) is 18.9 Å². The van der Waals surface area contributed by atoms with Crippen LogP contribution in [0.2, 0.25) is 0 Å². The molecule has 1 N–H and O–H groups in total. The molecule has 1 amide bonds. The lowest BCUT2D eigenvalue weighted by Crippen LogP contribution is -2.35. The van der Waals surface area contributed by atoms with Crippen molar-refractivity contribution in [2.45, 2.75) is 20.8 Å². The van der Waals surface area contributed by atoms with Crippen LogP contribution < -0.4 is 5.32 Å². The summed E-state index contributed by atoms with van der Waals surface area (Å²) in [6.07, 6.45) is 0. The van der Waals surface area contributed by atoms with Crippen molar-refractivity contribution in [3.63, 3.8) is 0 Å². The third kappa shape index (κ3) is 5.55. The molecule has 0 aliphatic rings. The van der Waals surface area contributed by atoms with Crippen molar-refractivity contribution >= 4 is 17.6 Å². The number of methoxy groups -OCH3 is 1. The largest absolute Gasteiger partial charge is 0.469 e. The van der Waals surface area contributed by atoms with Gasteiger partial charge in [-0.05, 0) is 44.2 Å². The van der Waals surface area contributed by atoms with Crippen LogP contribution in [-0.4, -0.2) is 44.0 Å². The van der Waals surface area contributed by atoms with Crippen molar-refractivity contribution in [1.82, 2.24) is 4.90 Å². The van der Waals surface area contributed by atoms with E-state index in [0.717, 1.165) is 11.3 Å². The zero-order chi connectivity index (χ0) is 16.0. The fourth-order valence-electron chi connectivity index (χ4n) is 2.07. The third-order valence-electron chi connectivity index (χ3n) is 3.39. The number of aryl methyl sites for hydroxylation is 2. The fourth-order valence-corrected chi connectivity index (χ4v) is 2.07. The molecule has 0 saturated heterocycles. The molecule has 21 heavy (non-hydrogen) atoms. The topological polar surface area (TPSA) is 58.6 Å². The average molecular weight is 292 g/mol. The average Bonchev–Trinajstić information content (AvgIpc) is 2.41. The van der Waals surface area contributed by atoms with E-state index < -0.39 is 0 Å². The maximum atomic E-state index is 12.0. The Hall–Kier alpha value is -1.88. The number of nitrogens with one attached hydrogen (secondary N) is 1. The van der Waals surface area contributed by atoms with E-state index in [0.29, 0.717) is 6.54 Å². The lowest BCUT2D eigenvalue weighted by Gasteiger charge is -2.19. The van der Waals surface area contributed by atoms with Crippen molar-refractivity contribution in [2.75, 3.05) is 32.6 Å². The van der Waals surface area contributed by atoms with Crippen molar-refractivity contribution in [1.29, 1.82) is 0 Å². The molecule has 0 heterocycles. The predicted molar refractivity (Wildman–Crippen MR) is 83.2 cm³/mol. The van der Waals surface area contributed by atoms with Gasteiger partial charge in [-0.2, -0.15) is 0 Å². The first-order valence-electron chi connectivity index (χ1n) is 6.97. The summed E-state index contributed by atoms with van der Waals surface area (Å²) in [5, 5.41) is 2.86. The Morgan fingerprint density at radius 3 is 2.52 bits per heavy atom. The van der Waals surface area contributed by atoms with Gasteiger partial charge in [-0.15, -0.1) is 0 Å². The molecule has 0 radical (unpaired) electrons. The van der Waals surface area contributed by atoms with Gasteiger partial charge in [-0.1, -0.05) is 13.0 Å². The highest BCUT2D eigenvalue weighted by Gasteiger charge is 2.17. The zero-order valence-corrected chi connectivity index (χ0v) is 13.4. The second kappa shape index (κ2) is 7.78. The molecule has 0 fully saturated rings. The van der Waals surface area contributed by atoms with Gasteiger partial charge in [0.25, 0.3) is 0 Å². The van der Waals surface area contributed by atoms with Gasteiger partial charge in [0.2, 0.25) is 5.91 Å². The number of likely N-dealkylation sites (N-methyl/N-ethyl adjacent to an activating group) is 1. The van der Waals surface area contributed by atoms with Gasteiger partial charge < -0.3 is 10.1 Å². The summed E-state index contributed by atoms with van der Waals surface area (Å²) in [5.41, 5.74) is 3.12. The first-order valence-corrected chi connectivity index (χ1v) is 6.97. The summed E-state index contributed by atoms with van der Waals surface area (Å²) >= 11 is 0. The van der Waals surface area contributed by atoms with Crippen LogP contribution in [0, 0.1) is 19.8 Å². The van der Waals surface area contributed by atoms with Gasteiger partial charge in [-0.25, -0.2) is 0 Å². The Morgan fingerprint density at radius 2 is 1.95 bits per heavy atom. The number of amides is 1. The summed E-state index contributed by atoms with van der Waals surface area (Å²) in [6, 6.07) is 5.82. The van der Waals surface area contributed by atoms with Crippen LogP contribution in [0.3, 0.4) is 0 Å². The second-order valence-corrected chi connectivity index (χ2v) is 5.47. The van der Waals surface area contributed by atoms with Gasteiger partial charge in [-0.3, -0.25) is 14.5 Å². The van der Waals surface area contributed by atoms with Crippen molar-refractivity contribution in [3.05, 3.63) is 29.3 Å². The molecule has 0 aliphatic heterocycles. The standard InChI is InChI=1S/C16H24N2O3/c1-11-6-7-14(8-12(11)2)17-15(19)10-18(4)9-13(3)16(20)21-5/h6-8,13H,9-10H2,1-5H3,(H,17,19). The van der Waals surface area contributed by atoms with Crippen molar-refractivity contribution < 1.29 is 14.3 Å². The highest BCUT2D eigenvalue weighted by Crippen LogP contribution is 2.14. The molecule has 0 aliphatic carbocycles. The first kappa shape index (κ1) is 17.2. The molecule has 1 rings (SSSR count). The molecule has 0 saturated carbocycles. The summed E-state index contributed by atoms with van der Waals surface area (Å²) in [6.45, 7) is 6.53. The number of esters is 1. The van der Waals surface area contributed by atoms with Gasteiger partial charge in [0, 0.05) is 12.2 Å². The number of ether oxygens (including phenoxy) is 1. The smallest absolute Gasteiger partial charge is 0.309 e. The lowest BCUT2D eigenvalue weighted by atomic mass is 10.1. The number of hydrogen-bond donors (Lipinski definition) is 1. The summed E-state index contributed by atoms with van der Waals surface area (Å²) in [7, 11) is 3.17. The number of nitrogens with zero attached hydrogens (tertiary/aromatic N) is 1. The minimum absolute atomic E-state index is 0.0992. The Morgan fingerprint density at radius 1 is 1.29 bits per heavy atom. The van der Waals surface area contributed by atoms with E-state index in [-0.39, 0.29) is 24.3 Å². The quantitative estimate of drug-likeness (QED) is 0.815. The van der Waals surface area contributed by atoms with E-state index >= 15 is 0 Å². The van der Waals surface area contributed by atoms with E-state index in [1.165, 1.54) is 12.7 Å². The van der Waals surface area contributed by atoms with Crippen LogP contribution in [0.25, 0.3) is 0 Å². The molecular formula is C16H24N2O3. The third-order valence-corrected chi connectivity index (χ3v) is 3.39. The SMILES string of the molecule is COC(=O)C(C)CN(C)CC(=O)Nc1ccc(C)c(C)c1. The molecule has 1 atom stereocenters. The van der Waals surface area contributed by atoms with Crippen LogP contribution in [-0.2, 0) is 14.3 Å². The minimum atomic E-state index is -0.267. The Balaban J connectivity index is 2.49. The molecule has 5 heteroatoms. The Kier molecular flexibility index (Phi) is 6.37. The number of anilines is 1. The van der Waals surface area contributed by atoms with E-state index in [9.17, 15) is 9.59 Å². The Bertz CT molecular complexity index is 514. The first-order chi connectivity index (χ1) is 9.83. The molecule has 0 spiro atoms. The van der Waals surface area contributed by atoms with Crippen molar-refractivity contribution in [3.8, 4) is 0 Å². The predicted octanol–water partition coefficient (Wildman–Crippen LogP) is 1.98. The monoisotopic (exact) mass is 292 g/mol. The van der Waals surface area contributed by atoms with Crippen LogP contribution in [0.1, 0.15) is 18.1 Å². The number of benzene rings is 1. The second-order valence-electron chi connectivity index (χ2n) is 5.47. The highest BCUT2D eigenvalue weighted by molar-refractivity contribution is 5.92. The van der Waals surface area contributed by atoms with Gasteiger partial charge in [0.15, 0.2) is 0 Å². The molecular weight excluding hydrogens is 268 g/mol. The summed E-state index contributed by atoms with van der Waals surface area (Å²) < 4.78 is 4.67. The van der Waals surface area contributed by atoms with Crippen LogP contribution in [0.15, 0.2) is 18.2 Å². The number of carbonyl (C=O) groups is 2. The summed E-state index contributed by atoms with van der Waals surface area (Å²) in [5.74, 6) is -0.622. The molecule has 1 aromatic carbocycles. The zero-order valence-electron chi connectivity index (χ0n) is 13.4. The van der Waals surface area contributed by atoms with Crippen LogP contribution >= 0.6 is 0 Å². The van der Waals surface area contributed by atoms with E-state index in [1.807, 2.05) is 32.0 Å². The van der Waals surface area contributed by atoms with Gasteiger partial charge in [0.05, 0.1) is 19.6 Å². The molecule has 0 bridgehead atoms. The van der Waals surface area contributed by atoms with Gasteiger partial charge in [0.1, 0.15) is 0 Å². The van der Waals surface area contributed by atoms with Crippen LogP contribution in [0.5, 0.6) is 0 Å². The minimum Gasteiger partial charge on any atom is -0.469 e. The number of rotatable bonds is 6.